The Morgan fingerprint density at radius 1 is 1.54 bits per heavy atom. The van der Waals surface area contributed by atoms with Crippen LogP contribution < -0.4 is 4.74 Å². The molecule has 0 amide bonds. The Balaban J connectivity index is 3.47. The first-order valence-electron chi connectivity index (χ1n) is 3.32. The van der Waals surface area contributed by atoms with Crippen LogP contribution in [0.4, 0.5) is 8.78 Å². The van der Waals surface area contributed by atoms with Crippen molar-refractivity contribution in [3.8, 4) is 11.5 Å². The molecule has 1 rings (SSSR count). The van der Waals surface area contributed by atoms with Crippen LogP contribution in [0.2, 0.25) is 0 Å². The first kappa shape index (κ1) is 9.44. The number of carbonyl (C=O) groups excluding carboxylic acids is 1. The Labute approximate surface area is 72.6 Å². The second kappa shape index (κ2) is 3.38. The van der Waals surface area contributed by atoms with Gasteiger partial charge in [-0.05, 0) is 0 Å². The number of phenols is 1. The molecule has 0 aliphatic rings. The lowest BCUT2D eigenvalue weighted by Gasteiger charge is -2.06. The molecule has 70 valence electrons. The van der Waals surface area contributed by atoms with Crippen LogP contribution >= 0.6 is 0 Å². The summed E-state index contributed by atoms with van der Waals surface area (Å²) in [7, 11) is 1.17. The lowest BCUT2D eigenvalue weighted by Crippen LogP contribution is -1.96. The Morgan fingerprint density at radius 3 is 2.62 bits per heavy atom. The van der Waals surface area contributed by atoms with Crippen molar-refractivity contribution in [3.63, 3.8) is 0 Å². The third-order valence-electron chi connectivity index (χ3n) is 1.53. The summed E-state index contributed by atoms with van der Waals surface area (Å²) in [6.45, 7) is 0. The maximum atomic E-state index is 12.8. The largest absolute Gasteiger partial charge is 0.504 e. The molecule has 1 aromatic carbocycles. The third kappa shape index (κ3) is 1.44. The highest BCUT2D eigenvalue weighted by molar-refractivity contribution is 5.81. The van der Waals surface area contributed by atoms with Gasteiger partial charge in [-0.2, -0.15) is 0 Å². The highest BCUT2D eigenvalue weighted by atomic mass is 19.2. The monoisotopic (exact) mass is 188 g/mol. The summed E-state index contributed by atoms with van der Waals surface area (Å²) in [6, 6.07) is 0.664. The summed E-state index contributed by atoms with van der Waals surface area (Å²) in [5.41, 5.74) is -0.739. The van der Waals surface area contributed by atoms with E-state index in [1.807, 2.05) is 0 Å². The van der Waals surface area contributed by atoms with Gasteiger partial charge in [-0.15, -0.1) is 0 Å². The number of methoxy groups -OCH3 is 1. The van der Waals surface area contributed by atoms with Crippen molar-refractivity contribution >= 4 is 6.29 Å². The second-order valence-electron chi connectivity index (χ2n) is 2.25. The molecule has 0 saturated heterocycles. The van der Waals surface area contributed by atoms with Gasteiger partial charge in [0, 0.05) is 6.07 Å². The fraction of sp³-hybridized carbons (Fsp3) is 0.125. The van der Waals surface area contributed by atoms with Gasteiger partial charge in [0.1, 0.15) is 0 Å². The van der Waals surface area contributed by atoms with E-state index in [2.05, 4.69) is 4.74 Å². The first-order chi connectivity index (χ1) is 6.11. The van der Waals surface area contributed by atoms with Crippen molar-refractivity contribution in [2.75, 3.05) is 7.11 Å². The van der Waals surface area contributed by atoms with Gasteiger partial charge in [-0.25, -0.2) is 8.78 Å². The topological polar surface area (TPSA) is 46.5 Å². The molecule has 13 heavy (non-hydrogen) atoms. The van der Waals surface area contributed by atoms with Gasteiger partial charge in [-0.3, -0.25) is 4.79 Å². The highest BCUT2D eigenvalue weighted by Crippen LogP contribution is 2.32. The molecule has 0 spiro atoms. The van der Waals surface area contributed by atoms with Crippen LogP contribution in [0.15, 0.2) is 6.07 Å². The smallest absolute Gasteiger partial charge is 0.173 e. The normalized spacial score (nSPS) is 9.77. The lowest BCUT2D eigenvalue weighted by molar-refractivity contribution is 0.111. The average molecular weight is 188 g/mol. The fourth-order valence-corrected chi connectivity index (χ4v) is 0.875. The summed E-state index contributed by atoms with van der Waals surface area (Å²) < 4.78 is 29.9. The fourth-order valence-electron chi connectivity index (χ4n) is 0.875. The molecule has 0 heterocycles. The van der Waals surface area contributed by atoms with Crippen LogP contribution in [0.3, 0.4) is 0 Å². The number of hydrogen-bond donors (Lipinski definition) is 1. The number of ether oxygens (including phenoxy) is 1. The Kier molecular flexibility index (Phi) is 2.46. The molecule has 0 unspecified atom stereocenters. The predicted octanol–water partition coefficient (Wildman–Crippen LogP) is 1.49. The molecular formula is C8H6F2O3. The van der Waals surface area contributed by atoms with E-state index in [0.29, 0.717) is 6.07 Å². The molecule has 0 aliphatic carbocycles. The zero-order valence-electron chi connectivity index (χ0n) is 6.67. The highest BCUT2D eigenvalue weighted by Gasteiger charge is 2.17. The molecule has 0 bridgehead atoms. The van der Waals surface area contributed by atoms with E-state index >= 15 is 0 Å². The van der Waals surface area contributed by atoms with Crippen LogP contribution in [-0.4, -0.2) is 18.5 Å². The van der Waals surface area contributed by atoms with E-state index in [9.17, 15) is 13.6 Å². The minimum atomic E-state index is -1.38. The van der Waals surface area contributed by atoms with Crippen LogP contribution in [0.25, 0.3) is 0 Å². The molecule has 0 aliphatic heterocycles. The quantitative estimate of drug-likeness (QED) is 0.715. The molecule has 0 radical (unpaired) electrons. The molecule has 0 fully saturated rings. The zero-order chi connectivity index (χ0) is 10.0. The van der Waals surface area contributed by atoms with E-state index in [4.69, 9.17) is 5.11 Å². The van der Waals surface area contributed by atoms with Crippen LogP contribution in [0.1, 0.15) is 10.4 Å². The van der Waals surface area contributed by atoms with Crippen molar-refractivity contribution in [1.82, 2.24) is 0 Å². The molecule has 5 heteroatoms. The molecule has 0 atom stereocenters. The van der Waals surface area contributed by atoms with Gasteiger partial charge in [0.2, 0.25) is 0 Å². The van der Waals surface area contributed by atoms with Gasteiger partial charge in [-0.1, -0.05) is 0 Å². The number of carbonyl (C=O) groups is 1. The zero-order valence-corrected chi connectivity index (χ0v) is 6.67. The summed E-state index contributed by atoms with van der Waals surface area (Å²) in [4.78, 5) is 10.2. The van der Waals surface area contributed by atoms with E-state index in [1.165, 1.54) is 7.11 Å². The first-order valence-corrected chi connectivity index (χ1v) is 3.32. The molecular weight excluding hydrogens is 182 g/mol. The predicted molar refractivity (Wildman–Crippen MR) is 40.0 cm³/mol. The third-order valence-corrected chi connectivity index (χ3v) is 1.53. The Hall–Kier alpha value is -1.65. The Morgan fingerprint density at radius 2 is 2.15 bits per heavy atom. The molecule has 1 aromatic rings. The van der Waals surface area contributed by atoms with Crippen molar-refractivity contribution in [2.45, 2.75) is 0 Å². The van der Waals surface area contributed by atoms with Gasteiger partial charge in [0.15, 0.2) is 29.4 Å². The van der Waals surface area contributed by atoms with E-state index < -0.39 is 22.9 Å². The van der Waals surface area contributed by atoms with E-state index in [-0.39, 0.29) is 12.0 Å². The number of rotatable bonds is 2. The van der Waals surface area contributed by atoms with Crippen LogP contribution in [0, 0.1) is 11.6 Å². The summed E-state index contributed by atoms with van der Waals surface area (Å²) >= 11 is 0. The number of halogens is 2. The summed E-state index contributed by atoms with van der Waals surface area (Å²) in [5.74, 6) is -3.59. The summed E-state index contributed by atoms with van der Waals surface area (Å²) in [6.07, 6.45) is 0.0241. The molecule has 0 aromatic heterocycles. The van der Waals surface area contributed by atoms with Crippen LogP contribution in [0.5, 0.6) is 11.5 Å². The van der Waals surface area contributed by atoms with Gasteiger partial charge < -0.3 is 9.84 Å². The molecule has 0 saturated carbocycles. The number of phenolic OH excluding ortho intramolecular Hbond substituents is 1. The van der Waals surface area contributed by atoms with E-state index in [1.54, 1.807) is 0 Å². The molecule has 1 N–H and O–H groups in total. The van der Waals surface area contributed by atoms with Crippen LogP contribution in [-0.2, 0) is 0 Å². The maximum Gasteiger partial charge on any atom is 0.173 e. The van der Waals surface area contributed by atoms with E-state index in [0.717, 1.165) is 0 Å². The van der Waals surface area contributed by atoms with Gasteiger partial charge in [0.25, 0.3) is 0 Å². The van der Waals surface area contributed by atoms with Crippen molar-refractivity contribution in [1.29, 1.82) is 0 Å². The summed E-state index contributed by atoms with van der Waals surface area (Å²) in [5, 5.41) is 9.13. The van der Waals surface area contributed by atoms with Crippen molar-refractivity contribution in [2.24, 2.45) is 0 Å². The minimum Gasteiger partial charge on any atom is -0.504 e. The SMILES string of the molecule is COc1cc(F)c(F)c(C=O)c1O. The number of aromatic hydroxyl groups is 1. The lowest BCUT2D eigenvalue weighted by atomic mass is 10.2. The van der Waals surface area contributed by atoms with Crippen molar-refractivity contribution in [3.05, 3.63) is 23.3 Å². The number of hydrogen-bond acceptors (Lipinski definition) is 3. The average Bonchev–Trinajstić information content (AvgIpc) is 2.12. The minimum absolute atomic E-state index is 0.0241. The molecule has 3 nitrogen and oxygen atoms in total. The van der Waals surface area contributed by atoms with Crippen molar-refractivity contribution < 1.29 is 23.4 Å². The van der Waals surface area contributed by atoms with Gasteiger partial charge >= 0.3 is 0 Å². The Bertz CT molecular complexity index is 350. The maximum absolute atomic E-state index is 12.8. The van der Waals surface area contributed by atoms with Gasteiger partial charge in [0.05, 0.1) is 12.7 Å². The number of benzene rings is 1. The number of aldehydes is 1. The second-order valence-corrected chi connectivity index (χ2v) is 2.25. The standard InChI is InChI=1S/C8H6F2O3/c1-13-6-2-5(9)7(10)4(3-11)8(6)12/h2-3,12H,1H3.